The van der Waals surface area contributed by atoms with Gasteiger partial charge in [0.2, 0.25) is 0 Å². The van der Waals surface area contributed by atoms with Crippen LogP contribution in [0.5, 0.6) is 0 Å². The van der Waals surface area contributed by atoms with Crippen LogP contribution in [0, 0.1) is 0 Å². The molecule has 0 radical (unpaired) electrons. The van der Waals surface area contributed by atoms with Gasteiger partial charge in [0.05, 0.1) is 0 Å². The number of halogens is 2. The van der Waals surface area contributed by atoms with Crippen molar-refractivity contribution in [1.29, 1.82) is 0 Å². The zero-order valence-corrected chi connectivity index (χ0v) is 9.53. The molecule has 3 heteroatoms. The predicted octanol–water partition coefficient (Wildman–Crippen LogP) is 3.44. The third-order valence-electron chi connectivity index (χ3n) is 2.51. The lowest BCUT2D eigenvalue weighted by Crippen LogP contribution is -2.17. The van der Waals surface area contributed by atoms with Crippen molar-refractivity contribution in [3.05, 3.63) is 32.8 Å². The maximum Gasteiger partial charge on any atom is 0.0420 e. The first-order chi connectivity index (χ1) is 6.18. The molecule has 1 nitrogen and oxygen atoms in total. The molecule has 0 spiro atoms. The van der Waals surface area contributed by atoms with Crippen molar-refractivity contribution in [3.8, 4) is 0 Å². The topological polar surface area (TPSA) is 26.0 Å². The Morgan fingerprint density at radius 2 is 2.23 bits per heavy atom. The molecule has 1 atom stereocenters. The van der Waals surface area contributed by atoms with E-state index in [1.807, 2.05) is 12.1 Å². The number of aryl methyl sites for hydroxylation is 1. The van der Waals surface area contributed by atoms with E-state index >= 15 is 0 Å². The second-order valence-electron chi connectivity index (χ2n) is 3.46. The van der Waals surface area contributed by atoms with Crippen LogP contribution in [0.4, 0.5) is 0 Å². The first-order valence-corrected chi connectivity index (χ1v) is 5.59. The van der Waals surface area contributed by atoms with Gasteiger partial charge in [-0.2, -0.15) is 0 Å². The number of fused-ring (bicyclic) bond motifs is 1. The summed E-state index contributed by atoms with van der Waals surface area (Å²) in [7, 11) is 0. The van der Waals surface area contributed by atoms with Crippen LogP contribution < -0.4 is 5.73 Å². The molecule has 0 amide bonds. The molecule has 0 saturated carbocycles. The summed E-state index contributed by atoms with van der Waals surface area (Å²) < 4.78 is 1.06. The van der Waals surface area contributed by atoms with Gasteiger partial charge in [-0.1, -0.05) is 27.5 Å². The summed E-state index contributed by atoms with van der Waals surface area (Å²) in [5.74, 6) is 0. The minimum atomic E-state index is 0.176. The number of nitrogens with two attached hydrogens (primary N) is 1. The van der Waals surface area contributed by atoms with Gasteiger partial charge in [-0.05, 0) is 42.5 Å². The van der Waals surface area contributed by atoms with Gasteiger partial charge in [-0.25, -0.2) is 0 Å². The molecule has 70 valence electrons. The molecule has 0 aromatic heterocycles. The normalized spacial score (nSPS) is 21.3. The van der Waals surface area contributed by atoms with Crippen LogP contribution in [0.25, 0.3) is 0 Å². The van der Waals surface area contributed by atoms with Gasteiger partial charge in [0, 0.05) is 15.5 Å². The third-order valence-corrected chi connectivity index (χ3v) is 3.39. The monoisotopic (exact) mass is 259 g/mol. The van der Waals surface area contributed by atoms with Crippen LogP contribution >= 0.6 is 27.5 Å². The molecule has 13 heavy (non-hydrogen) atoms. The Morgan fingerprint density at radius 3 is 3.00 bits per heavy atom. The quantitative estimate of drug-likeness (QED) is 0.760. The second kappa shape index (κ2) is 3.60. The van der Waals surface area contributed by atoms with Crippen LogP contribution in [0.1, 0.15) is 30.0 Å². The van der Waals surface area contributed by atoms with E-state index in [1.54, 1.807) is 0 Å². The summed E-state index contributed by atoms with van der Waals surface area (Å²) in [5, 5.41) is 0.791. The summed E-state index contributed by atoms with van der Waals surface area (Å²) in [6.45, 7) is 0. The number of hydrogen-bond acceptors (Lipinski definition) is 1. The highest BCUT2D eigenvalue weighted by Crippen LogP contribution is 2.35. The van der Waals surface area contributed by atoms with Gasteiger partial charge in [-0.15, -0.1) is 0 Å². The van der Waals surface area contributed by atoms with Crippen LogP contribution in [-0.4, -0.2) is 0 Å². The summed E-state index contributed by atoms with van der Waals surface area (Å²) in [6, 6.07) is 4.13. The molecule has 1 aliphatic carbocycles. The van der Waals surface area contributed by atoms with Crippen molar-refractivity contribution in [2.24, 2.45) is 5.73 Å². The van der Waals surface area contributed by atoms with Crippen molar-refractivity contribution in [2.75, 3.05) is 0 Å². The Hall–Kier alpha value is -0.0500. The fourth-order valence-electron chi connectivity index (χ4n) is 1.92. The Balaban J connectivity index is 2.56. The first-order valence-electron chi connectivity index (χ1n) is 4.42. The number of rotatable bonds is 0. The van der Waals surface area contributed by atoms with Crippen molar-refractivity contribution >= 4 is 27.5 Å². The van der Waals surface area contributed by atoms with Gasteiger partial charge >= 0.3 is 0 Å². The van der Waals surface area contributed by atoms with Gasteiger partial charge in [0.25, 0.3) is 0 Å². The highest BCUT2D eigenvalue weighted by Gasteiger charge is 2.19. The summed E-state index contributed by atoms with van der Waals surface area (Å²) in [5.41, 5.74) is 8.57. The lowest BCUT2D eigenvalue weighted by Gasteiger charge is -2.23. The van der Waals surface area contributed by atoms with Gasteiger partial charge < -0.3 is 5.73 Å². The van der Waals surface area contributed by atoms with E-state index in [1.165, 1.54) is 17.5 Å². The van der Waals surface area contributed by atoms with E-state index < -0.39 is 0 Å². The zero-order chi connectivity index (χ0) is 9.42. The average molecular weight is 261 g/mol. The van der Waals surface area contributed by atoms with Gasteiger partial charge in [0.15, 0.2) is 0 Å². The van der Waals surface area contributed by atoms with Crippen molar-refractivity contribution in [2.45, 2.75) is 25.3 Å². The van der Waals surface area contributed by atoms with E-state index in [9.17, 15) is 0 Å². The molecule has 1 aromatic carbocycles. The van der Waals surface area contributed by atoms with Crippen molar-refractivity contribution in [1.82, 2.24) is 0 Å². The van der Waals surface area contributed by atoms with Crippen LogP contribution in [-0.2, 0) is 6.42 Å². The molecule has 0 heterocycles. The van der Waals surface area contributed by atoms with Crippen molar-refractivity contribution < 1.29 is 0 Å². The molecule has 1 unspecified atom stereocenters. The fraction of sp³-hybridized carbons (Fsp3) is 0.400. The van der Waals surface area contributed by atoms with E-state index in [0.29, 0.717) is 0 Å². The molecule has 1 aliphatic rings. The van der Waals surface area contributed by atoms with E-state index in [0.717, 1.165) is 22.3 Å². The highest BCUT2D eigenvalue weighted by atomic mass is 79.9. The maximum atomic E-state index is 6.02. The van der Waals surface area contributed by atoms with Crippen molar-refractivity contribution in [3.63, 3.8) is 0 Å². The van der Waals surface area contributed by atoms with Crippen LogP contribution in [0.15, 0.2) is 16.6 Å². The summed E-state index contributed by atoms with van der Waals surface area (Å²) in [4.78, 5) is 0. The Kier molecular flexibility index (Phi) is 2.63. The standard InChI is InChI=1S/C10H11BrClN/c11-8-5-7(12)4-6-2-1-3-9(13)10(6)8/h4-5,9H,1-3,13H2. The van der Waals surface area contributed by atoms with Crippen LogP contribution in [0.2, 0.25) is 5.02 Å². The molecular weight excluding hydrogens is 249 g/mol. The minimum Gasteiger partial charge on any atom is -0.324 e. The van der Waals surface area contributed by atoms with Gasteiger partial charge in [0.1, 0.15) is 0 Å². The Morgan fingerprint density at radius 1 is 1.46 bits per heavy atom. The molecule has 0 fully saturated rings. The Labute approximate surface area is 91.4 Å². The third kappa shape index (κ3) is 1.76. The molecule has 0 saturated heterocycles. The predicted molar refractivity (Wildman–Crippen MR) is 59.0 cm³/mol. The lowest BCUT2D eigenvalue weighted by atomic mass is 9.88. The molecule has 0 aliphatic heterocycles. The zero-order valence-electron chi connectivity index (χ0n) is 7.19. The van der Waals surface area contributed by atoms with E-state index in [2.05, 4.69) is 15.9 Å². The molecular formula is C10H11BrClN. The molecule has 1 aromatic rings. The van der Waals surface area contributed by atoms with E-state index in [-0.39, 0.29) is 6.04 Å². The molecule has 2 rings (SSSR count). The smallest absolute Gasteiger partial charge is 0.0420 e. The SMILES string of the molecule is NC1CCCc2cc(Cl)cc(Br)c21. The molecule has 0 bridgehead atoms. The summed E-state index contributed by atoms with van der Waals surface area (Å²) >= 11 is 9.47. The number of hydrogen-bond donors (Lipinski definition) is 1. The molecule has 2 N–H and O–H groups in total. The number of benzene rings is 1. The Bertz CT molecular complexity index is 338. The highest BCUT2D eigenvalue weighted by molar-refractivity contribution is 9.10. The maximum absolute atomic E-state index is 6.02. The lowest BCUT2D eigenvalue weighted by molar-refractivity contribution is 0.568. The first kappa shape index (κ1) is 9.50. The summed E-state index contributed by atoms with van der Waals surface area (Å²) in [6.07, 6.45) is 3.34. The largest absolute Gasteiger partial charge is 0.324 e. The fourth-order valence-corrected chi connectivity index (χ4v) is 3.08. The second-order valence-corrected chi connectivity index (χ2v) is 4.75. The average Bonchev–Trinajstić information content (AvgIpc) is 2.02. The van der Waals surface area contributed by atoms with Gasteiger partial charge in [-0.3, -0.25) is 0 Å². The van der Waals surface area contributed by atoms with E-state index in [4.69, 9.17) is 17.3 Å². The van der Waals surface area contributed by atoms with Crippen LogP contribution in [0.3, 0.4) is 0 Å². The minimum absolute atomic E-state index is 0.176.